The molecule has 1 aromatic carbocycles. The zero-order chi connectivity index (χ0) is 13.7. The van der Waals surface area contributed by atoms with Gasteiger partial charge in [-0.2, -0.15) is 0 Å². The maximum absolute atomic E-state index is 11.9. The van der Waals surface area contributed by atoms with Gasteiger partial charge in [-0.3, -0.25) is 4.57 Å². The molecule has 0 unspecified atom stereocenters. The second-order valence-corrected chi connectivity index (χ2v) is 4.61. The van der Waals surface area contributed by atoms with Gasteiger partial charge in [-0.25, -0.2) is 4.79 Å². The van der Waals surface area contributed by atoms with Gasteiger partial charge in [-0.1, -0.05) is 19.1 Å². The Kier molecular flexibility index (Phi) is 4.76. The van der Waals surface area contributed by atoms with Gasteiger partial charge in [0.1, 0.15) is 0 Å². The standard InChI is InChI=1S/C14H21N3O2/c1-2-16(10-11-18)8-5-9-17-13-7-4-3-6-12(13)15-14(17)19/h3-4,6-7,18H,2,5,8-11H2,1H3,(H,15,19). The number of aliphatic hydroxyl groups excluding tert-OH is 1. The number of aryl methyl sites for hydroxylation is 1. The van der Waals surface area contributed by atoms with Gasteiger partial charge in [0.2, 0.25) is 0 Å². The number of hydrogen-bond acceptors (Lipinski definition) is 3. The molecule has 0 atom stereocenters. The summed E-state index contributed by atoms with van der Waals surface area (Å²) >= 11 is 0. The number of nitrogens with one attached hydrogen (secondary N) is 1. The first kappa shape index (κ1) is 13.8. The zero-order valence-corrected chi connectivity index (χ0v) is 11.3. The number of hydrogen-bond donors (Lipinski definition) is 2. The lowest BCUT2D eigenvalue weighted by atomic mass is 10.3. The monoisotopic (exact) mass is 263 g/mol. The summed E-state index contributed by atoms with van der Waals surface area (Å²) in [6.07, 6.45) is 0.898. The van der Waals surface area contributed by atoms with E-state index in [1.165, 1.54) is 0 Å². The van der Waals surface area contributed by atoms with Crippen LogP contribution in [0.1, 0.15) is 13.3 Å². The van der Waals surface area contributed by atoms with E-state index < -0.39 is 0 Å². The number of imidazole rings is 1. The van der Waals surface area contributed by atoms with E-state index in [9.17, 15) is 4.79 Å². The highest BCUT2D eigenvalue weighted by Crippen LogP contribution is 2.09. The lowest BCUT2D eigenvalue weighted by Crippen LogP contribution is -2.29. The number of H-pyrrole nitrogens is 1. The first-order valence-electron chi connectivity index (χ1n) is 6.77. The summed E-state index contributed by atoms with van der Waals surface area (Å²) < 4.78 is 1.78. The molecule has 0 radical (unpaired) electrons. The van der Waals surface area contributed by atoms with Crippen molar-refractivity contribution in [3.8, 4) is 0 Å². The second kappa shape index (κ2) is 6.54. The van der Waals surface area contributed by atoms with E-state index >= 15 is 0 Å². The summed E-state index contributed by atoms with van der Waals surface area (Å²) in [5, 5.41) is 8.93. The van der Waals surface area contributed by atoms with E-state index in [2.05, 4.69) is 16.8 Å². The molecule has 0 spiro atoms. The average Bonchev–Trinajstić information content (AvgIpc) is 2.74. The van der Waals surface area contributed by atoms with Gasteiger partial charge >= 0.3 is 5.69 Å². The molecule has 0 aliphatic carbocycles. The van der Waals surface area contributed by atoms with E-state index in [-0.39, 0.29) is 12.3 Å². The number of rotatable bonds is 7. The molecule has 1 aromatic heterocycles. The molecule has 2 aromatic rings. The number of aromatic nitrogens is 2. The van der Waals surface area contributed by atoms with E-state index in [1.807, 2.05) is 24.3 Å². The molecule has 0 saturated carbocycles. The van der Waals surface area contributed by atoms with Gasteiger partial charge < -0.3 is 15.0 Å². The van der Waals surface area contributed by atoms with Gasteiger partial charge in [0, 0.05) is 13.1 Å². The van der Waals surface area contributed by atoms with Crippen LogP contribution in [0.5, 0.6) is 0 Å². The summed E-state index contributed by atoms with van der Waals surface area (Å²) in [7, 11) is 0. The number of benzene rings is 1. The topological polar surface area (TPSA) is 61.3 Å². The largest absolute Gasteiger partial charge is 0.395 e. The Bertz CT molecular complexity index is 573. The molecule has 0 aliphatic rings. The minimum absolute atomic E-state index is 0.0496. The van der Waals surface area contributed by atoms with E-state index in [0.29, 0.717) is 13.1 Å². The SMILES string of the molecule is CCN(CCO)CCCn1c(=O)[nH]c2ccccc21. The van der Waals surface area contributed by atoms with E-state index in [1.54, 1.807) is 4.57 Å². The third-order valence-electron chi connectivity index (χ3n) is 3.40. The predicted octanol–water partition coefficient (Wildman–Crippen LogP) is 1.03. The van der Waals surface area contributed by atoms with Gasteiger partial charge in [0.25, 0.3) is 0 Å². The molecule has 2 N–H and O–H groups in total. The Labute approximate surface area is 112 Å². The Morgan fingerprint density at radius 1 is 1.32 bits per heavy atom. The minimum Gasteiger partial charge on any atom is -0.395 e. The van der Waals surface area contributed by atoms with Crippen LogP contribution >= 0.6 is 0 Å². The second-order valence-electron chi connectivity index (χ2n) is 4.61. The van der Waals surface area contributed by atoms with Crippen LogP contribution in [-0.4, -0.2) is 45.8 Å². The zero-order valence-electron chi connectivity index (χ0n) is 11.3. The molecule has 5 heteroatoms. The molecule has 0 bridgehead atoms. The third-order valence-corrected chi connectivity index (χ3v) is 3.40. The molecule has 2 rings (SSSR count). The van der Waals surface area contributed by atoms with Crippen molar-refractivity contribution in [2.24, 2.45) is 0 Å². The summed E-state index contributed by atoms with van der Waals surface area (Å²) in [6, 6.07) is 7.73. The molecule has 19 heavy (non-hydrogen) atoms. The van der Waals surface area contributed by atoms with Crippen LogP contribution in [0.25, 0.3) is 11.0 Å². The summed E-state index contributed by atoms with van der Waals surface area (Å²) in [4.78, 5) is 16.9. The molecule has 0 aliphatic heterocycles. The summed E-state index contributed by atoms with van der Waals surface area (Å²) in [5.41, 5.74) is 1.79. The fourth-order valence-electron chi connectivity index (χ4n) is 2.35. The lowest BCUT2D eigenvalue weighted by molar-refractivity contribution is 0.198. The van der Waals surface area contributed by atoms with Crippen LogP contribution in [0.2, 0.25) is 0 Å². The third kappa shape index (κ3) is 3.24. The smallest absolute Gasteiger partial charge is 0.326 e. The highest BCUT2D eigenvalue weighted by Gasteiger charge is 2.06. The first-order valence-corrected chi connectivity index (χ1v) is 6.77. The maximum Gasteiger partial charge on any atom is 0.326 e. The summed E-state index contributed by atoms with van der Waals surface area (Å²) in [6.45, 7) is 5.46. The van der Waals surface area contributed by atoms with Crippen LogP contribution in [-0.2, 0) is 6.54 Å². The minimum atomic E-state index is -0.0496. The fourth-order valence-corrected chi connectivity index (χ4v) is 2.35. The average molecular weight is 263 g/mol. The predicted molar refractivity (Wildman–Crippen MR) is 76.4 cm³/mol. The fraction of sp³-hybridized carbons (Fsp3) is 0.500. The lowest BCUT2D eigenvalue weighted by Gasteiger charge is -2.18. The molecule has 1 heterocycles. The van der Waals surface area contributed by atoms with Crippen LogP contribution < -0.4 is 5.69 Å². The normalized spacial score (nSPS) is 11.5. The van der Waals surface area contributed by atoms with Crippen molar-refractivity contribution in [3.63, 3.8) is 0 Å². The Balaban J connectivity index is 2.02. The number of aliphatic hydroxyl groups is 1. The van der Waals surface area contributed by atoms with Crippen molar-refractivity contribution in [3.05, 3.63) is 34.7 Å². The van der Waals surface area contributed by atoms with Crippen LogP contribution in [0, 0.1) is 0 Å². The molecule has 0 saturated heterocycles. The number of fused-ring (bicyclic) bond motifs is 1. The first-order chi connectivity index (χ1) is 9.26. The Morgan fingerprint density at radius 3 is 2.84 bits per heavy atom. The highest BCUT2D eigenvalue weighted by molar-refractivity contribution is 5.74. The van der Waals surface area contributed by atoms with Crippen molar-refractivity contribution in [1.29, 1.82) is 0 Å². The van der Waals surface area contributed by atoms with Crippen molar-refractivity contribution < 1.29 is 5.11 Å². The number of likely N-dealkylation sites (N-methyl/N-ethyl adjacent to an activating group) is 1. The Hall–Kier alpha value is -1.59. The number of para-hydroxylation sites is 2. The number of nitrogens with zero attached hydrogens (tertiary/aromatic N) is 2. The van der Waals surface area contributed by atoms with Gasteiger partial charge in [0.05, 0.1) is 17.6 Å². The van der Waals surface area contributed by atoms with Crippen molar-refractivity contribution in [1.82, 2.24) is 14.5 Å². The molecule has 0 fully saturated rings. The summed E-state index contributed by atoms with van der Waals surface area (Å²) in [5.74, 6) is 0. The van der Waals surface area contributed by atoms with Crippen molar-refractivity contribution >= 4 is 11.0 Å². The maximum atomic E-state index is 11.9. The van der Waals surface area contributed by atoms with Crippen LogP contribution in [0.3, 0.4) is 0 Å². The molecule has 104 valence electrons. The molecular weight excluding hydrogens is 242 g/mol. The van der Waals surface area contributed by atoms with Crippen molar-refractivity contribution in [2.45, 2.75) is 19.9 Å². The highest BCUT2D eigenvalue weighted by atomic mass is 16.3. The van der Waals surface area contributed by atoms with Crippen LogP contribution in [0.15, 0.2) is 29.1 Å². The van der Waals surface area contributed by atoms with E-state index in [4.69, 9.17) is 5.11 Å². The molecule has 0 amide bonds. The Morgan fingerprint density at radius 2 is 2.11 bits per heavy atom. The molecular formula is C14H21N3O2. The van der Waals surface area contributed by atoms with Crippen LogP contribution in [0.4, 0.5) is 0 Å². The van der Waals surface area contributed by atoms with E-state index in [0.717, 1.165) is 30.5 Å². The number of aromatic amines is 1. The quantitative estimate of drug-likeness (QED) is 0.784. The van der Waals surface area contributed by atoms with Gasteiger partial charge in [-0.15, -0.1) is 0 Å². The van der Waals surface area contributed by atoms with Gasteiger partial charge in [-0.05, 0) is 31.6 Å². The molecule has 5 nitrogen and oxygen atoms in total. The van der Waals surface area contributed by atoms with Crippen molar-refractivity contribution in [2.75, 3.05) is 26.2 Å². The van der Waals surface area contributed by atoms with Gasteiger partial charge in [0.15, 0.2) is 0 Å².